The molecule has 0 spiro atoms. The molecule has 0 bridgehead atoms. The van der Waals surface area contributed by atoms with Gasteiger partial charge >= 0.3 is 18.2 Å². The summed E-state index contributed by atoms with van der Waals surface area (Å²) >= 11 is 0. The van der Waals surface area contributed by atoms with Crippen LogP contribution < -0.4 is 0 Å². The van der Waals surface area contributed by atoms with Crippen LogP contribution in [0.1, 0.15) is 57.8 Å². The molecule has 28 heteroatoms. The van der Waals surface area contributed by atoms with E-state index in [-0.39, 0.29) is 55.7 Å². The molecule has 0 aliphatic rings. The molecule has 2 N–H and O–H groups in total. The van der Waals surface area contributed by atoms with Gasteiger partial charge in [0.25, 0.3) is 0 Å². The Hall–Kier alpha value is -8.41. The van der Waals surface area contributed by atoms with Gasteiger partial charge < -0.3 is 10.2 Å². The van der Waals surface area contributed by atoms with Gasteiger partial charge in [-0.3, -0.25) is 4.79 Å². The first-order chi connectivity index (χ1) is 43.6. The van der Waals surface area contributed by atoms with Crippen molar-refractivity contribution >= 4 is 43.9 Å². The van der Waals surface area contributed by atoms with E-state index < -0.39 is 125 Å². The molecular formula is C67H57F15O9S3Si. The smallest absolute Gasteiger partial charge is 0.379 e. The lowest BCUT2D eigenvalue weighted by molar-refractivity contribution is -0.207. The molecule has 0 saturated heterocycles. The molecule has 9 aromatic rings. The van der Waals surface area contributed by atoms with Crippen molar-refractivity contribution in [3.05, 3.63) is 268 Å². The number of halogens is 15. The summed E-state index contributed by atoms with van der Waals surface area (Å²) in [5.41, 5.74) is 1.62. The van der Waals surface area contributed by atoms with E-state index in [4.69, 9.17) is 0 Å². The van der Waals surface area contributed by atoms with E-state index >= 15 is 0 Å². The maximum absolute atomic E-state index is 13.9. The Bertz CT molecular complexity index is 4270. The average Bonchev–Trinajstić information content (AvgIpc) is 0.828. The topological polar surface area (TPSA) is 160 Å². The molecule has 9 rings (SSSR count). The fourth-order valence-electron chi connectivity index (χ4n) is 8.44. The number of carbonyl (C=O) groups excluding carboxylic acids is 1. The van der Waals surface area contributed by atoms with Crippen molar-refractivity contribution in [1.82, 2.24) is 0 Å². The number of sulfone groups is 3. The zero-order valence-corrected chi connectivity index (χ0v) is 52.5. The Balaban J connectivity index is 0.000000243. The SMILES string of the molecule is C.C[Si](C)(C)C(F)(F)F.O=Cc1cccc(CS(=O)(=O)c2ccc(-c3ccc(F)cc3F)cc2)c1.O=S(=O)(Cc1cccc([C@@H](O)C(F)(F)F)c1)c1ccc(-c2ccc(F)cc2F)cc1.O=S(=O)(Cc1cccc([C@@H](O)C(F)(F)F)c1)c1ccc(-c2ccc(F)cc2F)cc1. The molecule has 0 aliphatic carbocycles. The lowest BCUT2D eigenvalue weighted by Crippen LogP contribution is -2.40. The van der Waals surface area contributed by atoms with E-state index in [1.807, 2.05) is 0 Å². The summed E-state index contributed by atoms with van der Waals surface area (Å²) in [7, 11) is -14.3. The zero-order valence-electron chi connectivity index (χ0n) is 49.1. The van der Waals surface area contributed by atoms with Crippen LogP contribution >= 0.6 is 0 Å². The largest absolute Gasteiger partial charge is 0.418 e. The lowest BCUT2D eigenvalue weighted by Gasteiger charge is -2.19. The van der Waals surface area contributed by atoms with Crippen molar-refractivity contribution in [2.75, 3.05) is 0 Å². The third-order valence-corrected chi connectivity index (χ3v) is 20.3. The predicted molar refractivity (Wildman–Crippen MR) is 331 cm³/mol. The number of aliphatic hydroxyl groups excluding tert-OH is 2. The fourth-order valence-corrected chi connectivity index (χ4v) is 12.5. The van der Waals surface area contributed by atoms with Crippen molar-refractivity contribution < 1.29 is 106 Å². The van der Waals surface area contributed by atoms with Crippen LogP contribution in [0.5, 0.6) is 0 Å². The average molecular weight is 1420 g/mol. The Kier molecular flexibility index (Phi) is 25.6. The van der Waals surface area contributed by atoms with E-state index in [1.54, 1.807) is 18.2 Å². The van der Waals surface area contributed by atoms with Crippen LogP contribution in [-0.4, -0.2) is 68.0 Å². The minimum Gasteiger partial charge on any atom is -0.379 e. The van der Waals surface area contributed by atoms with E-state index in [2.05, 4.69) is 0 Å². The van der Waals surface area contributed by atoms with Gasteiger partial charge in [0.2, 0.25) is 0 Å². The van der Waals surface area contributed by atoms with Gasteiger partial charge in [0.1, 0.15) is 41.2 Å². The molecule has 0 aliphatic heterocycles. The van der Waals surface area contributed by atoms with Crippen LogP contribution in [-0.2, 0) is 46.8 Å². The first-order valence-electron chi connectivity index (χ1n) is 27.2. The summed E-state index contributed by atoms with van der Waals surface area (Å²) in [4.78, 5) is 10.7. The highest BCUT2D eigenvalue weighted by Gasteiger charge is 2.45. The van der Waals surface area contributed by atoms with Crippen LogP contribution in [0.2, 0.25) is 19.6 Å². The molecule has 0 fully saturated rings. The predicted octanol–water partition coefficient (Wildman–Crippen LogP) is 17.9. The van der Waals surface area contributed by atoms with Gasteiger partial charge in [-0.15, -0.1) is 0 Å². The van der Waals surface area contributed by atoms with E-state index in [0.717, 1.165) is 48.5 Å². The monoisotopic (exact) mass is 1410 g/mol. The normalized spacial score (nSPS) is 12.7. The summed E-state index contributed by atoms with van der Waals surface area (Å²) < 4.78 is 267. The molecule has 0 saturated carbocycles. The zero-order chi connectivity index (χ0) is 69.9. The first-order valence-corrected chi connectivity index (χ1v) is 35.7. The van der Waals surface area contributed by atoms with Crippen molar-refractivity contribution in [2.24, 2.45) is 0 Å². The Morgan fingerprint density at radius 2 is 0.653 bits per heavy atom. The number of carbonyl (C=O) groups is 1. The van der Waals surface area contributed by atoms with Gasteiger partial charge in [0.15, 0.2) is 49.8 Å². The van der Waals surface area contributed by atoms with Gasteiger partial charge in [0, 0.05) is 40.5 Å². The number of rotatable bonds is 15. The molecule has 0 unspecified atom stereocenters. The summed E-state index contributed by atoms with van der Waals surface area (Å²) in [6.45, 7) is 3.85. The van der Waals surface area contributed by atoms with Gasteiger partial charge in [0.05, 0.1) is 31.9 Å². The molecule has 95 heavy (non-hydrogen) atoms. The molecule has 0 aromatic heterocycles. The third kappa shape index (κ3) is 21.5. The highest BCUT2D eigenvalue weighted by molar-refractivity contribution is 7.91. The number of aldehydes is 1. The fraction of sp³-hybridized carbons (Fsp3) is 0.179. The number of hydrogen-bond donors (Lipinski definition) is 2. The molecule has 0 radical (unpaired) electrons. The summed E-state index contributed by atoms with van der Waals surface area (Å²) in [6, 6.07) is 40.9. The maximum atomic E-state index is 13.9. The second-order valence-electron chi connectivity index (χ2n) is 21.7. The van der Waals surface area contributed by atoms with Gasteiger partial charge in [-0.1, -0.05) is 130 Å². The summed E-state index contributed by atoms with van der Waals surface area (Å²) in [5, 5.41) is 18.7. The molecule has 9 aromatic carbocycles. The number of hydrogen-bond acceptors (Lipinski definition) is 9. The van der Waals surface area contributed by atoms with Crippen LogP contribution in [0.4, 0.5) is 65.9 Å². The summed E-state index contributed by atoms with van der Waals surface area (Å²) in [6.07, 6.45) is -14.5. The standard InChI is InChI=1S/2C21H15F5O3S.C20H14F2O3S.C4H9F3Si.CH4/c2*22-16-6-9-18(19(23)11-16)14-4-7-17(8-5-14)30(28,29)12-13-2-1-3-15(10-13)20(27)21(24,25)26;21-17-6-9-19(20(22)11-17)16-4-7-18(8-5-16)26(24,25)13-15-3-1-2-14(10-15)12-23;1-8(2,3)4(5,6)7;/h2*1-11,20,27H,12H2;1-12H,13H2;1-3H3;1H4/t2*20-;;;/m11.../s1. The van der Waals surface area contributed by atoms with Gasteiger partial charge in [-0.25, -0.2) is 51.6 Å². The number of benzene rings is 9. The number of aliphatic hydroxyl groups is 2. The minimum atomic E-state index is -4.87. The van der Waals surface area contributed by atoms with E-state index in [0.29, 0.717) is 46.2 Å². The molecule has 506 valence electrons. The molecule has 0 amide bonds. The first kappa shape index (κ1) is 77.3. The Morgan fingerprint density at radius 3 is 0.895 bits per heavy atom. The Morgan fingerprint density at radius 1 is 0.389 bits per heavy atom. The van der Waals surface area contributed by atoms with E-state index in [1.165, 1.54) is 141 Å². The molecule has 2 atom stereocenters. The lowest BCUT2D eigenvalue weighted by atomic mass is 10.1. The van der Waals surface area contributed by atoms with E-state index in [9.17, 15) is 106 Å². The van der Waals surface area contributed by atoms with Gasteiger partial charge in [-0.05, 0) is 123 Å². The van der Waals surface area contributed by atoms with Crippen LogP contribution in [0, 0.1) is 34.9 Å². The molecule has 0 heterocycles. The minimum absolute atomic E-state index is 0. The highest BCUT2D eigenvalue weighted by atomic mass is 32.2. The third-order valence-electron chi connectivity index (χ3n) is 13.5. The highest BCUT2D eigenvalue weighted by Crippen LogP contribution is 2.36. The second kappa shape index (κ2) is 31.4. The number of alkyl halides is 9. The van der Waals surface area contributed by atoms with Crippen molar-refractivity contribution in [1.29, 1.82) is 0 Å². The summed E-state index contributed by atoms with van der Waals surface area (Å²) in [5.74, 6) is -9.83. The van der Waals surface area contributed by atoms with Crippen LogP contribution in [0.3, 0.4) is 0 Å². The molecule has 9 nitrogen and oxygen atoms in total. The van der Waals surface area contributed by atoms with Crippen molar-refractivity contribution in [3.8, 4) is 33.4 Å². The van der Waals surface area contributed by atoms with Crippen LogP contribution in [0.15, 0.2) is 215 Å². The van der Waals surface area contributed by atoms with Crippen molar-refractivity contribution in [3.63, 3.8) is 0 Å². The second-order valence-corrected chi connectivity index (χ2v) is 32.7. The quantitative estimate of drug-likeness (QED) is 0.0578. The Labute approximate surface area is 538 Å². The van der Waals surface area contributed by atoms with Crippen LogP contribution in [0.25, 0.3) is 33.4 Å². The molecular weight excluding hydrogens is 1360 g/mol. The maximum Gasteiger partial charge on any atom is 0.418 e. The van der Waals surface area contributed by atoms with Gasteiger partial charge in [-0.2, -0.15) is 39.5 Å². The van der Waals surface area contributed by atoms with Crippen molar-refractivity contribution in [2.45, 2.75) is 89.4 Å².